The Kier molecular flexibility index (Phi) is 5.55. The molecule has 2 heterocycles. The number of anilines is 1. The molecule has 1 unspecified atom stereocenters. The van der Waals surface area contributed by atoms with Crippen LogP contribution >= 0.6 is 0 Å². The molecule has 0 saturated carbocycles. The average Bonchev–Trinajstić information content (AvgIpc) is 2.39. The van der Waals surface area contributed by atoms with E-state index in [-0.39, 0.29) is 0 Å². The number of rotatable bonds is 6. The molecule has 1 aliphatic heterocycles. The van der Waals surface area contributed by atoms with Gasteiger partial charge < -0.3 is 14.8 Å². The lowest BCUT2D eigenvalue weighted by Crippen LogP contribution is -2.42. The standard InChI is InChI=1S/C14H24N4O2/c1-4-20-14-9-13(16-12(3)17-14)15-11(2)10-18-5-7-19-8-6-18/h9,11H,4-8,10H2,1-3H3,(H,15,16,17). The van der Waals surface area contributed by atoms with Crippen molar-refractivity contribution in [3.05, 3.63) is 11.9 Å². The number of morpholine rings is 1. The molecule has 0 aromatic carbocycles. The lowest BCUT2D eigenvalue weighted by Gasteiger charge is -2.29. The predicted molar refractivity (Wildman–Crippen MR) is 78.3 cm³/mol. The van der Waals surface area contributed by atoms with Gasteiger partial charge in [0, 0.05) is 31.7 Å². The summed E-state index contributed by atoms with van der Waals surface area (Å²) in [6.07, 6.45) is 0. The zero-order valence-electron chi connectivity index (χ0n) is 12.6. The summed E-state index contributed by atoms with van der Waals surface area (Å²) in [7, 11) is 0. The lowest BCUT2D eigenvalue weighted by molar-refractivity contribution is 0.0368. The molecule has 1 N–H and O–H groups in total. The fraction of sp³-hybridized carbons (Fsp3) is 0.714. The van der Waals surface area contributed by atoms with Gasteiger partial charge in [0.1, 0.15) is 11.6 Å². The Morgan fingerprint density at radius 3 is 2.85 bits per heavy atom. The number of hydrogen-bond donors (Lipinski definition) is 1. The minimum absolute atomic E-state index is 0.317. The Balaban J connectivity index is 1.90. The van der Waals surface area contributed by atoms with Crippen LogP contribution in [0.25, 0.3) is 0 Å². The number of nitrogens with one attached hydrogen (secondary N) is 1. The van der Waals surface area contributed by atoms with Gasteiger partial charge in [-0.2, -0.15) is 4.98 Å². The Bertz CT molecular complexity index is 422. The van der Waals surface area contributed by atoms with E-state index in [1.54, 1.807) is 0 Å². The molecule has 0 spiro atoms. The third-order valence-corrected chi connectivity index (χ3v) is 3.14. The van der Waals surface area contributed by atoms with E-state index in [2.05, 4.69) is 27.1 Å². The molecular formula is C14H24N4O2. The van der Waals surface area contributed by atoms with Gasteiger partial charge >= 0.3 is 0 Å². The summed E-state index contributed by atoms with van der Waals surface area (Å²) in [6.45, 7) is 11.2. The highest BCUT2D eigenvalue weighted by Gasteiger charge is 2.14. The summed E-state index contributed by atoms with van der Waals surface area (Å²) in [5.41, 5.74) is 0. The van der Waals surface area contributed by atoms with Gasteiger partial charge in [-0.25, -0.2) is 4.98 Å². The molecule has 2 rings (SSSR count). The first-order valence-electron chi connectivity index (χ1n) is 7.22. The van der Waals surface area contributed by atoms with E-state index in [1.807, 2.05) is 19.9 Å². The molecular weight excluding hydrogens is 256 g/mol. The molecule has 1 aromatic heterocycles. The Morgan fingerprint density at radius 2 is 2.15 bits per heavy atom. The molecule has 6 heteroatoms. The zero-order valence-corrected chi connectivity index (χ0v) is 12.6. The quantitative estimate of drug-likeness (QED) is 0.848. The van der Waals surface area contributed by atoms with Gasteiger partial charge in [0.25, 0.3) is 0 Å². The van der Waals surface area contributed by atoms with Crippen molar-refractivity contribution in [2.75, 3.05) is 44.8 Å². The first-order chi connectivity index (χ1) is 9.67. The van der Waals surface area contributed by atoms with E-state index in [0.717, 1.165) is 44.5 Å². The summed E-state index contributed by atoms with van der Waals surface area (Å²) in [5.74, 6) is 2.17. The second-order valence-corrected chi connectivity index (χ2v) is 5.03. The van der Waals surface area contributed by atoms with Crippen molar-refractivity contribution in [3.63, 3.8) is 0 Å². The van der Waals surface area contributed by atoms with Crippen molar-refractivity contribution in [3.8, 4) is 5.88 Å². The Morgan fingerprint density at radius 1 is 1.40 bits per heavy atom. The van der Waals surface area contributed by atoms with Crippen LogP contribution in [0.5, 0.6) is 5.88 Å². The van der Waals surface area contributed by atoms with Gasteiger partial charge in [-0.1, -0.05) is 0 Å². The maximum Gasteiger partial charge on any atom is 0.218 e. The van der Waals surface area contributed by atoms with Crippen LogP contribution in [0.4, 0.5) is 5.82 Å². The molecule has 112 valence electrons. The van der Waals surface area contributed by atoms with Crippen LogP contribution in [0.2, 0.25) is 0 Å². The Hall–Kier alpha value is -1.40. The van der Waals surface area contributed by atoms with Crippen LogP contribution in [0.1, 0.15) is 19.7 Å². The highest BCUT2D eigenvalue weighted by molar-refractivity contribution is 5.39. The molecule has 1 atom stereocenters. The minimum Gasteiger partial charge on any atom is -0.478 e. The van der Waals surface area contributed by atoms with E-state index < -0.39 is 0 Å². The maximum atomic E-state index is 5.44. The molecule has 20 heavy (non-hydrogen) atoms. The molecule has 0 aliphatic carbocycles. The summed E-state index contributed by atoms with van der Waals surface area (Å²) in [5, 5.41) is 3.42. The molecule has 0 bridgehead atoms. The minimum atomic E-state index is 0.317. The molecule has 1 aliphatic rings. The van der Waals surface area contributed by atoms with Gasteiger partial charge in [-0.3, -0.25) is 4.90 Å². The number of nitrogens with zero attached hydrogens (tertiary/aromatic N) is 3. The Labute approximate surface area is 120 Å². The second-order valence-electron chi connectivity index (χ2n) is 5.03. The summed E-state index contributed by atoms with van der Waals surface area (Å²) in [4.78, 5) is 11.1. The van der Waals surface area contributed by atoms with Gasteiger partial charge in [-0.15, -0.1) is 0 Å². The molecule has 6 nitrogen and oxygen atoms in total. The third kappa shape index (κ3) is 4.61. The molecule has 1 fully saturated rings. The SMILES string of the molecule is CCOc1cc(NC(C)CN2CCOCC2)nc(C)n1. The molecule has 0 amide bonds. The van der Waals surface area contributed by atoms with Crippen molar-refractivity contribution in [2.45, 2.75) is 26.8 Å². The van der Waals surface area contributed by atoms with Crippen LogP contribution in [0.3, 0.4) is 0 Å². The normalized spacial score (nSPS) is 17.8. The van der Waals surface area contributed by atoms with E-state index in [1.165, 1.54) is 0 Å². The number of ether oxygens (including phenoxy) is 2. The van der Waals surface area contributed by atoms with E-state index >= 15 is 0 Å². The summed E-state index contributed by atoms with van der Waals surface area (Å²) >= 11 is 0. The van der Waals surface area contributed by atoms with Gasteiger partial charge in [0.15, 0.2) is 0 Å². The van der Waals surface area contributed by atoms with Crippen molar-refractivity contribution < 1.29 is 9.47 Å². The largest absolute Gasteiger partial charge is 0.478 e. The van der Waals surface area contributed by atoms with E-state index in [4.69, 9.17) is 9.47 Å². The van der Waals surface area contributed by atoms with Gasteiger partial charge in [-0.05, 0) is 20.8 Å². The fourth-order valence-corrected chi connectivity index (χ4v) is 2.31. The summed E-state index contributed by atoms with van der Waals surface area (Å²) in [6, 6.07) is 2.17. The predicted octanol–water partition coefficient (Wildman–Crippen LogP) is 1.32. The van der Waals surface area contributed by atoms with Crippen molar-refractivity contribution in [1.29, 1.82) is 0 Å². The third-order valence-electron chi connectivity index (χ3n) is 3.14. The van der Waals surface area contributed by atoms with Crippen molar-refractivity contribution in [2.24, 2.45) is 0 Å². The first-order valence-corrected chi connectivity index (χ1v) is 7.22. The van der Waals surface area contributed by atoms with E-state index in [9.17, 15) is 0 Å². The van der Waals surface area contributed by atoms with Crippen LogP contribution in [-0.2, 0) is 4.74 Å². The molecule has 1 aromatic rings. The molecule has 1 saturated heterocycles. The average molecular weight is 280 g/mol. The molecule has 0 radical (unpaired) electrons. The topological polar surface area (TPSA) is 59.5 Å². The van der Waals surface area contributed by atoms with Crippen molar-refractivity contribution in [1.82, 2.24) is 14.9 Å². The van der Waals surface area contributed by atoms with Crippen molar-refractivity contribution >= 4 is 5.82 Å². The smallest absolute Gasteiger partial charge is 0.218 e. The second kappa shape index (κ2) is 7.40. The van der Waals surface area contributed by atoms with Gasteiger partial charge in [0.05, 0.1) is 19.8 Å². The van der Waals surface area contributed by atoms with Crippen LogP contribution in [0.15, 0.2) is 6.07 Å². The highest BCUT2D eigenvalue weighted by atomic mass is 16.5. The zero-order chi connectivity index (χ0) is 14.4. The van der Waals surface area contributed by atoms with Gasteiger partial charge in [0.2, 0.25) is 5.88 Å². The van der Waals surface area contributed by atoms with Crippen LogP contribution in [0, 0.1) is 6.92 Å². The number of aryl methyl sites for hydroxylation is 1. The van der Waals surface area contributed by atoms with Crippen LogP contribution in [-0.4, -0.2) is 60.4 Å². The first kappa shape index (κ1) is 15.0. The number of aromatic nitrogens is 2. The maximum absolute atomic E-state index is 5.44. The number of hydrogen-bond acceptors (Lipinski definition) is 6. The lowest BCUT2D eigenvalue weighted by atomic mass is 10.3. The van der Waals surface area contributed by atoms with E-state index in [0.29, 0.717) is 18.5 Å². The van der Waals surface area contributed by atoms with Crippen LogP contribution < -0.4 is 10.1 Å². The monoisotopic (exact) mass is 280 g/mol. The highest BCUT2D eigenvalue weighted by Crippen LogP contribution is 2.14. The summed E-state index contributed by atoms with van der Waals surface area (Å²) < 4.78 is 10.8. The fourth-order valence-electron chi connectivity index (χ4n) is 2.31.